The van der Waals surface area contributed by atoms with E-state index in [0.29, 0.717) is 52.5 Å². The van der Waals surface area contributed by atoms with Crippen molar-refractivity contribution in [2.24, 2.45) is 0 Å². The molecule has 4 aromatic rings. The molecule has 37 heavy (non-hydrogen) atoms. The van der Waals surface area contributed by atoms with E-state index < -0.39 is 22.1 Å². The van der Waals surface area contributed by atoms with Crippen LogP contribution in [0.25, 0.3) is 28.5 Å². The summed E-state index contributed by atoms with van der Waals surface area (Å²) >= 11 is -2.49. The first-order valence-corrected chi connectivity index (χ1v) is 12.6. The number of imidazole rings is 1. The molecular formula is C24H25N6O6S-. The second kappa shape index (κ2) is 9.92. The summed E-state index contributed by atoms with van der Waals surface area (Å²) in [5, 5.41) is 12.7. The number of methoxy groups -OCH3 is 2. The van der Waals surface area contributed by atoms with Gasteiger partial charge in [-0.05, 0) is 36.2 Å². The van der Waals surface area contributed by atoms with E-state index >= 15 is 0 Å². The van der Waals surface area contributed by atoms with E-state index in [-0.39, 0.29) is 18.7 Å². The van der Waals surface area contributed by atoms with Crippen LogP contribution < -0.4 is 19.5 Å². The van der Waals surface area contributed by atoms with E-state index in [1.807, 2.05) is 6.92 Å². The number of nitrogens with one attached hydrogen (secondary N) is 1. The summed E-state index contributed by atoms with van der Waals surface area (Å²) in [6.45, 7) is 2.32. The number of aliphatic hydroxyl groups is 1. The maximum atomic E-state index is 12.0. The number of benzene rings is 1. The maximum Gasteiger partial charge on any atom is 0.213 e. The average Bonchev–Trinajstić information content (AvgIpc) is 3.25. The molecular weight excluding hydrogens is 500 g/mol. The summed E-state index contributed by atoms with van der Waals surface area (Å²) < 4.78 is 42.5. The van der Waals surface area contributed by atoms with Crippen LogP contribution in [0, 0.1) is 0 Å². The van der Waals surface area contributed by atoms with Gasteiger partial charge in [0, 0.05) is 18.9 Å². The highest BCUT2D eigenvalue weighted by atomic mass is 32.2. The SMILES string of the molecule is CCOc1cccc(-c2nc3ncc(NC4(S(=O)[O-])CC(O)C4)nc3n2-c2c(OC)cccc2OC)n1. The molecule has 0 spiro atoms. The van der Waals surface area contributed by atoms with E-state index in [9.17, 15) is 13.9 Å². The van der Waals surface area contributed by atoms with Gasteiger partial charge in [-0.1, -0.05) is 12.1 Å². The van der Waals surface area contributed by atoms with Gasteiger partial charge in [-0.2, -0.15) is 0 Å². The van der Waals surface area contributed by atoms with E-state index in [0.717, 1.165) is 0 Å². The Morgan fingerprint density at radius 1 is 1.14 bits per heavy atom. The molecule has 0 aliphatic heterocycles. The fourth-order valence-electron chi connectivity index (χ4n) is 4.33. The molecule has 2 N–H and O–H groups in total. The maximum absolute atomic E-state index is 12.0. The van der Waals surface area contributed by atoms with Crippen molar-refractivity contribution in [3.05, 3.63) is 42.6 Å². The Hall–Kier alpha value is -3.81. The van der Waals surface area contributed by atoms with E-state index in [1.54, 1.807) is 55.2 Å². The Morgan fingerprint density at radius 3 is 2.46 bits per heavy atom. The van der Waals surface area contributed by atoms with Crippen molar-refractivity contribution in [1.82, 2.24) is 24.5 Å². The van der Waals surface area contributed by atoms with Crippen LogP contribution in [-0.4, -0.2) is 70.2 Å². The third-order valence-electron chi connectivity index (χ3n) is 6.05. The Bertz CT molecular complexity index is 1450. The lowest BCUT2D eigenvalue weighted by molar-refractivity contribution is 0.0661. The highest BCUT2D eigenvalue weighted by Gasteiger charge is 2.45. The van der Waals surface area contributed by atoms with E-state index in [2.05, 4.69) is 20.3 Å². The normalized spacial score (nSPS) is 19.8. The zero-order chi connectivity index (χ0) is 26.2. The Morgan fingerprint density at radius 2 is 1.84 bits per heavy atom. The average molecular weight is 526 g/mol. The van der Waals surface area contributed by atoms with Gasteiger partial charge in [-0.15, -0.1) is 0 Å². The van der Waals surface area contributed by atoms with Gasteiger partial charge in [-0.25, -0.2) is 19.9 Å². The van der Waals surface area contributed by atoms with Crippen LogP contribution in [0.4, 0.5) is 5.82 Å². The van der Waals surface area contributed by atoms with Gasteiger partial charge < -0.3 is 29.2 Å². The standard InChI is InChI=1S/C24H26N6O6S/c1-4-36-19-10-5-7-15(26-19)22-28-21-23(30(22)20-16(34-2)8-6-9-17(20)35-3)27-18(13-25-21)29-24(37(32)33)11-14(31)12-24/h5-10,13-14,31H,4,11-12H2,1-3H3,(H,27,29)(H,32,33)/p-1. The molecule has 1 unspecified atom stereocenters. The quantitative estimate of drug-likeness (QED) is 0.309. The highest BCUT2D eigenvalue weighted by Crippen LogP contribution is 2.40. The molecule has 1 fully saturated rings. The topological polar surface area (TPSA) is 157 Å². The van der Waals surface area contributed by atoms with Gasteiger partial charge in [-0.3, -0.25) is 8.78 Å². The number of ether oxygens (including phenoxy) is 3. The third kappa shape index (κ3) is 4.45. The van der Waals surface area contributed by atoms with E-state index in [4.69, 9.17) is 19.2 Å². The molecule has 0 saturated heterocycles. The van der Waals surface area contributed by atoms with Gasteiger partial charge in [0.25, 0.3) is 0 Å². The summed E-state index contributed by atoms with van der Waals surface area (Å²) in [6, 6.07) is 10.7. The molecule has 1 aromatic carbocycles. The Labute approximate surface area is 215 Å². The molecule has 1 atom stereocenters. The second-order valence-corrected chi connectivity index (χ2v) is 9.65. The molecule has 1 aliphatic carbocycles. The number of aromatic nitrogens is 5. The summed E-state index contributed by atoms with van der Waals surface area (Å²) in [7, 11) is 3.08. The van der Waals surface area contributed by atoms with Gasteiger partial charge >= 0.3 is 0 Å². The number of rotatable bonds is 9. The molecule has 3 aromatic heterocycles. The minimum atomic E-state index is -2.49. The van der Waals surface area contributed by atoms with Crippen LogP contribution in [0.1, 0.15) is 19.8 Å². The number of hydrogen-bond acceptors (Lipinski definition) is 11. The third-order valence-corrected chi connectivity index (χ3v) is 7.12. The number of fused-ring (bicyclic) bond motifs is 1. The molecule has 13 heteroatoms. The van der Waals surface area contributed by atoms with Crippen molar-refractivity contribution < 1.29 is 28.1 Å². The van der Waals surface area contributed by atoms with Crippen LogP contribution in [0.3, 0.4) is 0 Å². The van der Waals surface area contributed by atoms with Gasteiger partial charge in [0.05, 0.1) is 33.1 Å². The minimum Gasteiger partial charge on any atom is -0.771 e. The molecule has 3 heterocycles. The fourth-order valence-corrected chi connectivity index (χ4v) is 5.18. The lowest BCUT2D eigenvalue weighted by atomic mass is 9.88. The molecule has 0 bridgehead atoms. The van der Waals surface area contributed by atoms with Gasteiger partial charge in [0.1, 0.15) is 33.6 Å². The van der Waals surface area contributed by atoms with Crippen molar-refractivity contribution in [3.8, 4) is 34.6 Å². The van der Waals surface area contributed by atoms with Crippen molar-refractivity contribution in [2.45, 2.75) is 30.7 Å². The minimum absolute atomic E-state index is 0.0435. The summed E-state index contributed by atoms with van der Waals surface area (Å²) in [5.74, 6) is 2.01. The number of aliphatic hydroxyl groups excluding tert-OH is 1. The van der Waals surface area contributed by atoms with Crippen LogP contribution >= 0.6 is 0 Å². The molecule has 1 aliphatic rings. The van der Waals surface area contributed by atoms with Crippen LogP contribution in [0.2, 0.25) is 0 Å². The first kappa shape index (κ1) is 24.9. The monoisotopic (exact) mass is 525 g/mol. The number of pyridine rings is 1. The van der Waals surface area contributed by atoms with Crippen molar-refractivity contribution in [2.75, 3.05) is 26.1 Å². The predicted octanol–water partition coefficient (Wildman–Crippen LogP) is 2.44. The number of hydrogen-bond donors (Lipinski definition) is 2. The molecule has 194 valence electrons. The summed E-state index contributed by atoms with van der Waals surface area (Å²) in [4.78, 5) is 17.1. The largest absolute Gasteiger partial charge is 0.771 e. The Balaban J connectivity index is 1.74. The van der Waals surface area contributed by atoms with Gasteiger partial charge in [0.2, 0.25) is 5.88 Å². The van der Waals surface area contributed by atoms with Crippen LogP contribution in [0.15, 0.2) is 42.6 Å². The highest BCUT2D eigenvalue weighted by molar-refractivity contribution is 7.80. The van der Waals surface area contributed by atoms with Crippen molar-refractivity contribution >= 4 is 28.2 Å². The fraction of sp³-hybridized carbons (Fsp3) is 0.333. The van der Waals surface area contributed by atoms with Crippen molar-refractivity contribution in [3.63, 3.8) is 0 Å². The predicted molar refractivity (Wildman–Crippen MR) is 135 cm³/mol. The van der Waals surface area contributed by atoms with E-state index in [1.165, 1.54) is 6.20 Å². The van der Waals surface area contributed by atoms with Crippen LogP contribution in [0.5, 0.6) is 17.4 Å². The number of nitrogens with zero attached hydrogens (tertiary/aromatic N) is 5. The molecule has 1 saturated carbocycles. The first-order chi connectivity index (χ1) is 17.9. The summed E-state index contributed by atoms with van der Waals surface area (Å²) in [5.41, 5.74) is 1.62. The molecule has 0 amide bonds. The number of para-hydroxylation sites is 1. The molecule has 12 nitrogen and oxygen atoms in total. The second-order valence-electron chi connectivity index (χ2n) is 8.39. The lowest BCUT2D eigenvalue weighted by Crippen LogP contribution is -2.56. The smallest absolute Gasteiger partial charge is 0.213 e. The summed E-state index contributed by atoms with van der Waals surface area (Å²) in [6.07, 6.45) is 0.788. The van der Waals surface area contributed by atoms with Crippen molar-refractivity contribution in [1.29, 1.82) is 0 Å². The zero-order valence-corrected chi connectivity index (χ0v) is 21.2. The Kier molecular flexibility index (Phi) is 6.67. The lowest BCUT2D eigenvalue weighted by Gasteiger charge is -2.47. The van der Waals surface area contributed by atoms with Gasteiger partial charge in [0.15, 0.2) is 17.1 Å². The van der Waals surface area contributed by atoms with Crippen LogP contribution in [-0.2, 0) is 11.1 Å². The zero-order valence-electron chi connectivity index (χ0n) is 20.4. The number of anilines is 1. The molecule has 0 radical (unpaired) electrons. The molecule has 5 rings (SSSR count). The first-order valence-electron chi connectivity index (χ1n) is 11.5.